The lowest BCUT2D eigenvalue weighted by Gasteiger charge is -2.06. The smallest absolute Gasteiger partial charge is 0.333 e. The topological polar surface area (TPSA) is 71.7 Å². The first-order valence-electron chi connectivity index (χ1n) is 13.6. The van der Waals surface area contributed by atoms with Crippen molar-refractivity contribution in [1.82, 2.24) is 4.73 Å². The van der Waals surface area contributed by atoms with Crippen molar-refractivity contribution >= 4 is 5.97 Å². The molecule has 1 aromatic rings. The fourth-order valence-electron chi connectivity index (χ4n) is 4.04. The molecule has 1 rings (SSSR count). The minimum atomic E-state index is -0.440. The second-order valence-electron chi connectivity index (χ2n) is 9.26. The Morgan fingerprint density at radius 3 is 1.55 bits per heavy atom. The number of hydrogen-bond acceptors (Lipinski definition) is 4. The summed E-state index contributed by atoms with van der Waals surface area (Å²) in [7, 11) is 0. The van der Waals surface area contributed by atoms with E-state index >= 15 is 0 Å². The molecule has 1 heterocycles. The standard InChI is InChI=1S/C28H49NO4/c1-2-3-4-5-6-7-8-9-10-11-12-13-14-15-16-17-18-19-20-21-22-23-28(32)33-29-26(30)24-25-27(29)31/h9-10,24-25,30-31H,2-8,11-23H2,1H3. The monoisotopic (exact) mass is 463 g/mol. The zero-order valence-corrected chi connectivity index (χ0v) is 21.1. The Bertz CT molecular complexity index is 604. The highest BCUT2D eigenvalue weighted by Crippen LogP contribution is 2.19. The second-order valence-corrected chi connectivity index (χ2v) is 9.26. The van der Waals surface area contributed by atoms with Crippen LogP contribution >= 0.6 is 0 Å². The lowest BCUT2D eigenvalue weighted by molar-refractivity contribution is -0.145. The van der Waals surface area contributed by atoms with Crippen molar-refractivity contribution < 1.29 is 19.8 Å². The summed E-state index contributed by atoms with van der Waals surface area (Å²) in [6, 6.07) is 2.55. The van der Waals surface area contributed by atoms with Crippen LogP contribution in [0.4, 0.5) is 0 Å². The molecule has 0 aliphatic rings. The highest BCUT2D eigenvalue weighted by Gasteiger charge is 2.11. The minimum absolute atomic E-state index is 0.281. The maximum atomic E-state index is 11.7. The molecule has 0 atom stereocenters. The third kappa shape index (κ3) is 16.4. The van der Waals surface area contributed by atoms with Gasteiger partial charge in [0, 0.05) is 18.6 Å². The van der Waals surface area contributed by atoms with Crippen LogP contribution in [0.1, 0.15) is 135 Å². The number of rotatable bonds is 22. The highest BCUT2D eigenvalue weighted by molar-refractivity contribution is 5.69. The first-order valence-corrected chi connectivity index (χ1v) is 13.6. The van der Waals surface area contributed by atoms with Crippen LogP contribution in [-0.2, 0) is 4.79 Å². The normalized spacial score (nSPS) is 11.4. The number of hydrogen-bond donors (Lipinski definition) is 2. The van der Waals surface area contributed by atoms with Gasteiger partial charge in [0.2, 0.25) is 11.8 Å². The molecule has 0 aliphatic heterocycles. The fraction of sp³-hybridized carbons (Fsp3) is 0.750. The molecule has 190 valence electrons. The number of aromatic nitrogens is 1. The van der Waals surface area contributed by atoms with Crippen molar-refractivity contribution in [3.05, 3.63) is 24.3 Å². The average Bonchev–Trinajstić information content (AvgIpc) is 3.12. The molecule has 0 aliphatic carbocycles. The summed E-state index contributed by atoms with van der Waals surface area (Å²) in [5.41, 5.74) is 0. The van der Waals surface area contributed by atoms with Crippen LogP contribution in [0.3, 0.4) is 0 Å². The van der Waals surface area contributed by atoms with Gasteiger partial charge < -0.3 is 15.1 Å². The van der Waals surface area contributed by atoms with E-state index in [4.69, 9.17) is 4.84 Å². The summed E-state index contributed by atoms with van der Waals surface area (Å²) < 4.78 is 0.746. The van der Waals surface area contributed by atoms with Crippen molar-refractivity contribution in [1.29, 1.82) is 0 Å². The molecule has 0 spiro atoms. The van der Waals surface area contributed by atoms with Gasteiger partial charge in [0.1, 0.15) is 0 Å². The van der Waals surface area contributed by atoms with Gasteiger partial charge in [-0.15, -0.1) is 4.73 Å². The van der Waals surface area contributed by atoms with Gasteiger partial charge in [-0.25, -0.2) is 4.79 Å². The van der Waals surface area contributed by atoms with Crippen LogP contribution in [-0.4, -0.2) is 20.9 Å². The largest absolute Gasteiger partial charge is 0.492 e. The Morgan fingerprint density at radius 2 is 1.09 bits per heavy atom. The fourth-order valence-corrected chi connectivity index (χ4v) is 4.04. The molecule has 0 aromatic carbocycles. The SMILES string of the molecule is CCCCCCCCC=CCCCCCCCCCCCCCC(=O)On1c(O)ccc1O. The van der Waals surface area contributed by atoms with E-state index in [1.165, 1.54) is 115 Å². The van der Waals surface area contributed by atoms with Gasteiger partial charge >= 0.3 is 5.97 Å². The van der Waals surface area contributed by atoms with E-state index in [1.54, 1.807) is 0 Å². The summed E-state index contributed by atoms with van der Waals surface area (Å²) in [6.45, 7) is 2.27. The minimum Gasteiger partial charge on any atom is -0.492 e. The van der Waals surface area contributed by atoms with E-state index in [2.05, 4.69) is 19.1 Å². The maximum Gasteiger partial charge on any atom is 0.333 e. The van der Waals surface area contributed by atoms with Gasteiger partial charge in [-0.1, -0.05) is 109 Å². The molecule has 0 bridgehead atoms. The van der Waals surface area contributed by atoms with Crippen molar-refractivity contribution in [3.63, 3.8) is 0 Å². The molecule has 0 amide bonds. The van der Waals surface area contributed by atoms with Gasteiger partial charge in [-0.2, -0.15) is 0 Å². The van der Waals surface area contributed by atoms with Crippen molar-refractivity contribution in [3.8, 4) is 11.8 Å². The molecule has 0 unspecified atom stereocenters. The van der Waals surface area contributed by atoms with Crippen LogP contribution in [0.2, 0.25) is 0 Å². The maximum absolute atomic E-state index is 11.7. The number of unbranched alkanes of at least 4 members (excludes halogenated alkanes) is 17. The van der Waals surface area contributed by atoms with Crippen LogP contribution < -0.4 is 4.84 Å². The summed E-state index contributed by atoms with van der Waals surface area (Å²) >= 11 is 0. The third-order valence-electron chi connectivity index (χ3n) is 6.13. The summed E-state index contributed by atoms with van der Waals surface area (Å²) in [5, 5.41) is 18.9. The molecule has 0 fully saturated rings. The Labute approximate surface area is 202 Å². The summed E-state index contributed by atoms with van der Waals surface area (Å²) in [6.07, 6.45) is 29.4. The van der Waals surface area contributed by atoms with Crippen molar-refractivity contribution in [2.75, 3.05) is 0 Å². The van der Waals surface area contributed by atoms with Gasteiger partial charge in [-0.3, -0.25) is 0 Å². The Morgan fingerprint density at radius 1 is 0.697 bits per heavy atom. The van der Waals surface area contributed by atoms with Gasteiger partial charge in [0.25, 0.3) is 0 Å². The van der Waals surface area contributed by atoms with Crippen LogP contribution in [0.15, 0.2) is 24.3 Å². The zero-order chi connectivity index (χ0) is 24.0. The molecular formula is C28H49NO4. The number of allylic oxidation sites excluding steroid dienone is 2. The first kappa shape index (κ1) is 29.1. The Hall–Kier alpha value is -1.91. The average molecular weight is 464 g/mol. The molecule has 0 saturated carbocycles. The number of carbonyl (C=O) groups is 1. The van der Waals surface area contributed by atoms with Crippen molar-refractivity contribution in [2.45, 2.75) is 135 Å². The molecule has 5 nitrogen and oxygen atoms in total. The van der Waals surface area contributed by atoms with Crippen molar-refractivity contribution in [2.24, 2.45) is 0 Å². The number of aromatic hydroxyl groups is 2. The predicted molar refractivity (Wildman–Crippen MR) is 137 cm³/mol. The van der Waals surface area contributed by atoms with Crippen LogP contribution in [0, 0.1) is 0 Å². The van der Waals surface area contributed by atoms with E-state index in [0.717, 1.165) is 24.0 Å². The van der Waals surface area contributed by atoms with Gasteiger partial charge in [0.15, 0.2) is 0 Å². The van der Waals surface area contributed by atoms with Gasteiger partial charge in [0.05, 0.1) is 0 Å². The molecular weight excluding hydrogens is 414 g/mol. The number of nitrogens with zero attached hydrogens (tertiary/aromatic N) is 1. The van der Waals surface area contributed by atoms with E-state index in [9.17, 15) is 15.0 Å². The van der Waals surface area contributed by atoms with E-state index in [1.807, 2.05) is 0 Å². The van der Waals surface area contributed by atoms with Crippen LogP contribution in [0.5, 0.6) is 11.8 Å². The molecule has 1 aromatic heterocycles. The molecule has 2 N–H and O–H groups in total. The third-order valence-corrected chi connectivity index (χ3v) is 6.13. The molecule has 0 saturated heterocycles. The second kappa shape index (κ2) is 20.7. The molecule has 0 radical (unpaired) electrons. The number of carbonyl (C=O) groups excluding carboxylic acids is 1. The summed E-state index contributed by atoms with van der Waals surface area (Å²) in [4.78, 5) is 16.7. The van der Waals surface area contributed by atoms with Gasteiger partial charge in [-0.05, 0) is 32.1 Å². The zero-order valence-electron chi connectivity index (χ0n) is 21.1. The van der Waals surface area contributed by atoms with Crippen LogP contribution in [0.25, 0.3) is 0 Å². The Balaban J connectivity index is 1.77. The lowest BCUT2D eigenvalue weighted by atomic mass is 10.0. The first-order chi connectivity index (χ1) is 16.1. The quantitative estimate of drug-likeness (QED) is 0.134. The molecule has 5 heteroatoms. The van der Waals surface area contributed by atoms with E-state index < -0.39 is 5.97 Å². The predicted octanol–water partition coefficient (Wildman–Crippen LogP) is 8.23. The Kier molecular flexibility index (Phi) is 18.2. The molecule has 33 heavy (non-hydrogen) atoms. The van der Waals surface area contributed by atoms with E-state index in [-0.39, 0.29) is 11.8 Å². The summed E-state index contributed by atoms with van der Waals surface area (Å²) in [5.74, 6) is -1.00. The lowest BCUT2D eigenvalue weighted by Crippen LogP contribution is -2.18. The van der Waals surface area contributed by atoms with E-state index in [0.29, 0.717) is 6.42 Å². The highest BCUT2D eigenvalue weighted by atomic mass is 16.7.